The number of nitriles is 4. The van der Waals surface area contributed by atoms with Gasteiger partial charge < -0.3 is 4.98 Å². The minimum Gasteiger partial charge on any atom is -0.337 e. The fourth-order valence-electron chi connectivity index (χ4n) is 4.44. The third-order valence-corrected chi connectivity index (χ3v) is 6.87. The Morgan fingerprint density at radius 3 is 1.92 bits per heavy atom. The van der Waals surface area contributed by atoms with E-state index in [4.69, 9.17) is 27.1 Å². The lowest BCUT2D eigenvalue weighted by Crippen LogP contribution is -1.91. The van der Waals surface area contributed by atoms with Gasteiger partial charge in [-0.25, -0.2) is 4.98 Å². The van der Waals surface area contributed by atoms with Crippen LogP contribution in [0.2, 0.25) is 5.02 Å². The van der Waals surface area contributed by atoms with Gasteiger partial charge in [0.25, 0.3) is 0 Å². The molecule has 0 unspecified atom stereocenters. The fraction of sp³-hybridized carbons (Fsp3) is 0. The molecule has 0 aliphatic heterocycles. The van der Waals surface area contributed by atoms with E-state index in [0.29, 0.717) is 38.7 Å². The van der Waals surface area contributed by atoms with Crippen molar-refractivity contribution in [1.29, 1.82) is 21.0 Å². The van der Waals surface area contributed by atoms with Crippen molar-refractivity contribution in [2.75, 3.05) is 0 Å². The summed E-state index contributed by atoms with van der Waals surface area (Å²) in [6, 6.07) is 31.7. The van der Waals surface area contributed by atoms with Gasteiger partial charge in [0.15, 0.2) is 0 Å². The van der Waals surface area contributed by atoms with Crippen molar-refractivity contribution in [2.45, 2.75) is 0 Å². The van der Waals surface area contributed by atoms with E-state index in [9.17, 15) is 10.5 Å². The average molecular weight is 586 g/mol. The molecule has 0 amide bonds. The number of hydrogen-bond donors (Lipinski definition) is 1. The summed E-state index contributed by atoms with van der Waals surface area (Å²) >= 11 is 9.83. The van der Waals surface area contributed by atoms with Crippen LogP contribution in [0.4, 0.5) is 0 Å². The van der Waals surface area contributed by atoms with Gasteiger partial charge >= 0.3 is 0 Å². The van der Waals surface area contributed by atoms with Crippen molar-refractivity contribution < 1.29 is 0 Å². The van der Waals surface area contributed by atoms with Crippen LogP contribution in [0.15, 0.2) is 83.3 Å². The van der Waals surface area contributed by atoms with E-state index in [2.05, 4.69) is 33.1 Å². The molecule has 6 rings (SSSR count). The first-order chi connectivity index (χ1) is 19.0. The van der Waals surface area contributed by atoms with Crippen molar-refractivity contribution >= 4 is 60.1 Å². The van der Waals surface area contributed by atoms with Gasteiger partial charge in [0, 0.05) is 20.3 Å². The molecule has 0 radical (unpaired) electrons. The predicted molar refractivity (Wildman–Crippen MR) is 155 cm³/mol. The summed E-state index contributed by atoms with van der Waals surface area (Å²) in [6.45, 7) is 0. The number of imidazole rings is 1. The van der Waals surface area contributed by atoms with Gasteiger partial charge in [-0.15, -0.1) is 0 Å². The van der Waals surface area contributed by atoms with Gasteiger partial charge in [-0.2, -0.15) is 21.0 Å². The fourth-order valence-corrected chi connectivity index (χ4v) is 4.97. The first-order valence-electron chi connectivity index (χ1n) is 11.5. The van der Waals surface area contributed by atoms with Crippen LogP contribution >= 0.6 is 27.5 Å². The molecular weight excluding hydrogens is 572 g/mol. The Hall–Kier alpha value is -5.18. The second kappa shape index (κ2) is 10.7. The second-order valence-corrected chi connectivity index (χ2v) is 9.80. The zero-order valence-electron chi connectivity index (χ0n) is 20.0. The normalized spacial score (nSPS) is 10.2. The Morgan fingerprint density at radius 2 is 1.28 bits per heavy atom. The SMILES string of the molecule is N#Cc1cccc(C#N)c1.N#Cc1cccc(C#N)c1-c1nc2c3ccc(Br)cc3c3cc(Cl)ccc3c2[nH]1. The summed E-state index contributed by atoms with van der Waals surface area (Å²) in [4.78, 5) is 8.19. The number of aromatic amines is 1. The first-order valence-corrected chi connectivity index (χ1v) is 12.7. The maximum atomic E-state index is 9.56. The molecule has 8 heteroatoms. The highest BCUT2D eigenvalue weighted by atomic mass is 79.9. The number of aromatic nitrogens is 2. The van der Waals surface area contributed by atoms with Crippen LogP contribution in [0.5, 0.6) is 0 Å². The minimum absolute atomic E-state index is 0.405. The molecule has 0 saturated carbocycles. The molecule has 1 heterocycles. The number of halogens is 2. The van der Waals surface area contributed by atoms with Gasteiger partial charge in [0.2, 0.25) is 0 Å². The Kier molecular flexibility index (Phi) is 6.96. The topological polar surface area (TPSA) is 124 Å². The highest BCUT2D eigenvalue weighted by molar-refractivity contribution is 9.10. The molecule has 0 saturated heterocycles. The van der Waals surface area contributed by atoms with Crippen LogP contribution in [0.1, 0.15) is 22.3 Å². The number of nitrogens with zero attached hydrogens (tertiary/aromatic N) is 5. The molecular formula is C31H14BrClN6. The van der Waals surface area contributed by atoms with Gasteiger partial charge in [-0.05, 0) is 65.4 Å². The average Bonchev–Trinajstić information content (AvgIpc) is 3.42. The molecule has 0 atom stereocenters. The Bertz CT molecular complexity index is 1960. The summed E-state index contributed by atoms with van der Waals surface area (Å²) in [7, 11) is 0. The van der Waals surface area contributed by atoms with Crippen LogP contribution in [0.3, 0.4) is 0 Å². The van der Waals surface area contributed by atoms with Crippen molar-refractivity contribution in [2.24, 2.45) is 0 Å². The molecule has 6 aromatic rings. The van der Waals surface area contributed by atoms with Crippen LogP contribution < -0.4 is 0 Å². The number of H-pyrrole nitrogens is 1. The van der Waals surface area contributed by atoms with E-state index < -0.39 is 0 Å². The van der Waals surface area contributed by atoms with Crippen LogP contribution in [-0.2, 0) is 0 Å². The zero-order valence-corrected chi connectivity index (χ0v) is 22.3. The summed E-state index contributed by atoms with van der Waals surface area (Å²) in [5, 5.41) is 40.5. The van der Waals surface area contributed by atoms with Crippen LogP contribution in [-0.4, -0.2) is 9.97 Å². The van der Waals surface area contributed by atoms with Gasteiger partial charge in [0.05, 0.1) is 63.1 Å². The number of hydrogen-bond acceptors (Lipinski definition) is 5. The molecule has 5 aromatic carbocycles. The monoisotopic (exact) mass is 584 g/mol. The maximum Gasteiger partial charge on any atom is 0.141 e. The molecule has 1 N–H and O–H groups in total. The van der Waals surface area contributed by atoms with E-state index >= 15 is 0 Å². The van der Waals surface area contributed by atoms with E-state index in [0.717, 1.165) is 37.1 Å². The van der Waals surface area contributed by atoms with E-state index in [1.54, 1.807) is 42.5 Å². The number of rotatable bonds is 1. The number of benzene rings is 5. The van der Waals surface area contributed by atoms with Gasteiger partial charge in [-0.3, -0.25) is 0 Å². The molecule has 0 aliphatic rings. The first kappa shape index (κ1) is 25.5. The highest BCUT2D eigenvalue weighted by Crippen LogP contribution is 2.38. The van der Waals surface area contributed by atoms with Crippen molar-refractivity contribution in [3.8, 4) is 35.7 Å². The Balaban J connectivity index is 0.000000261. The van der Waals surface area contributed by atoms with Crippen LogP contribution in [0, 0.1) is 45.3 Å². The summed E-state index contributed by atoms with van der Waals surface area (Å²) in [5.74, 6) is 0.500. The molecule has 39 heavy (non-hydrogen) atoms. The van der Waals surface area contributed by atoms with Crippen LogP contribution in [0.25, 0.3) is 44.0 Å². The largest absolute Gasteiger partial charge is 0.337 e. The summed E-state index contributed by atoms with van der Waals surface area (Å²) < 4.78 is 0.961. The molecule has 0 aliphatic carbocycles. The molecule has 1 aromatic heterocycles. The van der Waals surface area contributed by atoms with Gasteiger partial charge in [0.1, 0.15) is 5.82 Å². The highest BCUT2D eigenvalue weighted by Gasteiger charge is 2.18. The summed E-state index contributed by atoms with van der Waals surface area (Å²) in [5.41, 5.74) is 4.01. The Morgan fingerprint density at radius 1 is 0.667 bits per heavy atom. The van der Waals surface area contributed by atoms with Crippen molar-refractivity contribution in [3.05, 3.63) is 111 Å². The number of nitrogens with one attached hydrogen (secondary N) is 1. The number of fused-ring (bicyclic) bond motifs is 6. The lowest BCUT2D eigenvalue weighted by Gasteiger charge is -2.07. The third-order valence-electron chi connectivity index (χ3n) is 6.14. The third kappa shape index (κ3) is 4.77. The quantitative estimate of drug-likeness (QED) is 0.195. The van der Waals surface area contributed by atoms with E-state index in [-0.39, 0.29) is 0 Å². The smallest absolute Gasteiger partial charge is 0.141 e. The minimum atomic E-state index is 0.405. The predicted octanol–water partition coefficient (Wildman–Crippen LogP) is 8.13. The molecule has 182 valence electrons. The Labute approximate surface area is 236 Å². The van der Waals surface area contributed by atoms with Crippen molar-refractivity contribution in [3.63, 3.8) is 0 Å². The maximum absolute atomic E-state index is 9.56. The second-order valence-electron chi connectivity index (χ2n) is 8.44. The molecule has 0 bridgehead atoms. The van der Waals surface area contributed by atoms with Crippen molar-refractivity contribution in [1.82, 2.24) is 9.97 Å². The zero-order chi connectivity index (χ0) is 27.5. The molecule has 6 nitrogen and oxygen atoms in total. The lowest BCUT2D eigenvalue weighted by atomic mass is 10.00. The lowest BCUT2D eigenvalue weighted by molar-refractivity contribution is 1.31. The van der Waals surface area contributed by atoms with E-state index in [1.165, 1.54) is 0 Å². The molecule has 0 fully saturated rings. The standard InChI is InChI=1S/C23H10BrClN4.C8H4N2/c24-14-4-6-16-18(8-14)19-9-15(25)5-7-17(19)22-21(16)28-23(29-22)20-12(10-26)2-1-3-13(20)11-27;9-5-7-2-1-3-8(4-7)6-10/h1-9H,(H,28,29);1-4H. The molecule has 0 spiro atoms. The van der Waals surface area contributed by atoms with Gasteiger partial charge in [-0.1, -0.05) is 51.8 Å². The van der Waals surface area contributed by atoms with E-state index in [1.807, 2.05) is 48.5 Å². The summed E-state index contributed by atoms with van der Waals surface area (Å²) in [6.07, 6.45) is 0.